The Kier molecular flexibility index (Phi) is 4.08. The zero-order valence-corrected chi connectivity index (χ0v) is 11.8. The largest absolute Gasteiger partial charge is 0.396 e. The molecule has 0 saturated heterocycles. The Morgan fingerprint density at radius 1 is 1.33 bits per heavy atom. The number of benzene rings is 1. The smallest absolute Gasteiger partial charge is 0.0499 e. The third-order valence-electron chi connectivity index (χ3n) is 4.15. The van der Waals surface area contributed by atoms with Gasteiger partial charge in [0.25, 0.3) is 0 Å². The zero-order valence-electron chi connectivity index (χ0n) is 11.8. The molecule has 1 aromatic rings. The Labute approximate surface area is 110 Å². The van der Waals surface area contributed by atoms with Gasteiger partial charge < -0.3 is 10.4 Å². The predicted octanol–water partition coefficient (Wildman–Crippen LogP) is 2.98. The molecule has 0 heterocycles. The maximum Gasteiger partial charge on any atom is 0.0499 e. The van der Waals surface area contributed by atoms with Crippen LogP contribution in [0.1, 0.15) is 49.3 Å². The first-order valence-corrected chi connectivity index (χ1v) is 6.97. The maximum atomic E-state index is 9.29. The summed E-state index contributed by atoms with van der Waals surface area (Å²) in [5.41, 5.74) is 4.33. The fraction of sp³-hybridized carbons (Fsp3) is 0.625. The van der Waals surface area contributed by atoms with E-state index in [-0.39, 0.29) is 5.41 Å². The van der Waals surface area contributed by atoms with Crippen molar-refractivity contribution in [1.29, 1.82) is 0 Å². The fourth-order valence-corrected chi connectivity index (χ4v) is 2.27. The Hall–Kier alpha value is -0.860. The minimum absolute atomic E-state index is 0.198. The van der Waals surface area contributed by atoms with Crippen molar-refractivity contribution in [1.82, 2.24) is 5.32 Å². The molecule has 0 unspecified atom stereocenters. The van der Waals surface area contributed by atoms with Crippen molar-refractivity contribution >= 4 is 0 Å². The van der Waals surface area contributed by atoms with Gasteiger partial charge >= 0.3 is 0 Å². The topological polar surface area (TPSA) is 32.3 Å². The van der Waals surface area contributed by atoms with Crippen LogP contribution in [0.3, 0.4) is 0 Å². The van der Waals surface area contributed by atoms with E-state index in [0.29, 0.717) is 12.5 Å². The van der Waals surface area contributed by atoms with Gasteiger partial charge in [0.05, 0.1) is 0 Å². The van der Waals surface area contributed by atoms with Gasteiger partial charge in [0.15, 0.2) is 0 Å². The van der Waals surface area contributed by atoms with E-state index in [9.17, 15) is 5.11 Å². The number of aryl methyl sites for hydroxylation is 1. The van der Waals surface area contributed by atoms with Gasteiger partial charge in [-0.1, -0.05) is 32.0 Å². The molecule has 1 aliphatic rings. The van der Waals surface area contributed by atoms with Gasteiger partial charge in [0.2, 0.25) is 0 Å². The number of aliphatic hydroxyl groups excluding tert-OH is 1. The highest BCUT2D eigenvalue weighted by Gasteiger charge is 2.41. The molecule has 100 valence electrons. The molecule has 0 radical (unpaired) electrons. The highest BCUT2D eigenvalue weighted by molar-refractivity contribution is 5.32. The van der Waals surface area contributed by atoms with Crippen LogP contribution >= 0.6 is 0 Å². The standard InChI is InChI=1S/C16H25NO/c1-12(2)14-5-4-13(3)15(8-14)9-17-10-16(11-18)6-7-16/h4-5,8,12,17-18H,6-7,9-11H2,1-3H3. The molecule has 2 nitrogen and oxygen atoms in total. The number of hydrogen-bond donors (Lipinski definition) is 2. The van der Waals surface area contributed by atoms with Gasteiger partial charge in [-0.3, -0.25) is 0 Å². The third-order valence-corrected chi connectivity index (χ3v) is 4.15. The van der Waals surface area contributed by atoms with E-state index in [1.807, 2.05) is 0 Å². The molecule has 0 aromatic heterocycles. The minimum Gasteiger partial charge on any atom is -0.396 e. The fourth-order valence-electron chi connectivity index (χ4n) is 2.27. The van der Waals surface area contributed by atoms with Gasteiger partial charge in [-0.2, -0.15) is 0 Å². The first-order valence-electron chi connectivity index (χ1n) is 6.97. The van der Waals surface area contributed by atoms with E-state index in [1.54, 1.807) is 0 Å². The molecule has 2 N–H and O–H groups in total. The molecule has 2 heteroatoms. The predicted molar refractivity (Wildman–Crippen MR) is 75.7 cm³/mol. The molecular weight excluding hydrogens is 222 g/mol. The summed E-state index contributed by atoms with van der Waals surface area (Å²) in [6, 6.07) is 6.75. The second kappa shape index (κ2) is 5.41. The number of nitrogens with one attached hydrogen (secondary N) is 1. The maximum absolute atomic E-state index is 9.29. The van der Waals surface area contributed by atoms with Gasteiger partial charge in [0, 0.05) is 25.1 Å². The van der Waals surface area contributed by atoms with Crippen LogP contribution in [0.15, 0.2) is 18.2 Å². The van der Waals surface area contributed by atoms with E-state index in [0.717, 1.165) is 13.1 Å². The minimum atomic E-state index is 0.198. The SMILES string of the molecule is Cc1ccc(C(C)C)cc1CNCC1(CO)CC1. The molecule has 0 aliphatic heterocycles. The average molecular weight is 247 g/mol. The van der Waals surface area contributed by atoms with Crippen LogP contribution in [0.2, 0.25) is 0 Å². The molecule has 0 spiro atoms. The van der Waals surface area contributed by atoms with Crippen LogP contribution < -0.4 is 5.32 Å². The van der Waals surface area contributed by atoms with Crippen LogP contribution in [0, 0.1) is 12.3 Å². The number of aliphatic hydroxyl groups is 1. The van der Waals surface area contributed by atoms with Crippen LogP contribution in [-0.4, -0.2) is 18.3 Å². The molecule has 2 rings (SSSR count). The average Bonchev–Trinajstić information content (AvgIpc) is 3.12. The first kappa shape index (κ1) is 13.6. The van der Waals surface area contributed by atoms with Crippen LogP contribution in [0.4, 0.5) is 0 Å². The van der Waals surface area contributed by atoms with Crippen molar-refractivity contribution in [3.8, 4) is 0 Å². The van der Waals surface area contributed by atoms with E-state index >= 15 is 0 Å². The lowest BCUT2D eigenvalue weighted by Gasteiger charge is -2.15. The molecule has 1 fully saturated rings. The highest BCUT2D eigenvalue weighted by Crippen LogP contribution is 2.44. The van der Waals surface area contributed by atoms with Gasteiger partial charge in [-0.15, -0.1) is 0 Å². The van der Waals surface area contributed by atoms with Crippen molar-refractivity contribution in [2.45, 2.75) is 46.1 Å². The van der Waals surface area contributed by atoms with E-state index in [4.69, 9.17) is 0 Å². The van der Waals surface area contributed by atoms with Gasteiger partial charge in [0.1, 0.15) is 0 Å². The molecule has 1 aromatic carbocycles. The summed E-state index contributed by atoms with van der Waals surface area (Å²) in [6.07, 6.45) is 2.34. The molecule has 0 atom stereocenters. The lowest BCUT2D eigenvalue weighted by molar-refractivity contribution is 0.207. The monoisotopic (exact) mass is 247 g/mol. The second-order valence-electron chi connectivity index (χ2n) is 6.10. The Balaban J connectivity index is 1.94. The Bertz CT molecular complexity index is 408. The number of hydrogen-bond acceptors (Lipinski definition) is 2. The normalized spacial score (nSPS) is 17.2. The second-order valence-corrected chi connectivity index (χ2v) is 6.10. The summed E-state index contributed by atoms with van der Waals surface area (Å²) in [5, 5.41) is 12.8. The summed E-state index contributed by atoms with van der Waals surface area (Å²) in [4.78, 5) is 0. The molecule has 0 bridgehead atoms. The van der Waals surface area contributed by atoms with Crippen molar-refractivity contribution in [3.63, 3.8) is 0 Å². The van der Waals surface area contributed by atoms with Crippen molar-refractivity contribution in [2.75, 3.05) is 13.2 Å². The Morgan fingerprint density at radius 3 is 2.61 bits per heavy atom. The summed E-state index contributed by atoms with van der Waals surface area (Å²) in [7, 11) is 0. The van der Waals surface area contributed by atoms with Crippen molar-refractivity contribution < 1.29 is 5.11 Å². The number of rotatable bonds is 6. The lowest BCUT2D eigenvalue weighted by Crippen LogP contribution is -2.26. The highest BCUT2D eigenvalue weighted by atomic mass is 16.3. The summed E-state index contributed by atoms with van der Waals surface area (Å²) >= 11 is 0. The van der Waals surface area contributed by atoms with E-state index in [2.05, 4.69) is 44.3 Å². The Morgan fingerprint density at radius 2 is 2.06 bits per heavy atom. The summed E-state index contributed by atoms with van der Waals surface area (Å²) < 4.78 is 0. The lowest BCUT2D eigenvalue weighted by atomic mass is 9.97. The van der Waals surface area contributed by atoms with E-state index < -0.39 is 0 Å². The van der Waals surface area contributed by atoms with Crippen LogP contribution in [0.25, 0.3) is 0 Å². The molecule has 0 amide bonds. The molecule has 1 aliphatic carbocycles. The summed E-state index contributed by atoms with van der Waals surface area (Å²) in [5.74, 6) is 0.580. The zero-order chi connectivity index (χ0) is 13.2. The molecule has 18 heavy (non-hydrogen) atoms. The van der Waals surface area contributed by atoms with E-state index in [1.165, 1.54) is 29.5 Å². The van der Waals surface area contributed by atoms with Crippen molar-refractivity contribution in [3.05, 3.63) is 34.9 Å². The summed E-state index contributed by atoms with van der Waals surface area (Å²) in [6.45, 7) is 8.80. The molecular formula is C16H25NO. The quantitative estimate of drug-likeness (QED) is 0.810. The van der Waals surface area contributed by atoms with Crippen molar-refractivity contribution in [2.24, 2.45) is 5.41 Å². The van der Waals surface area contributed by atoms with Crippen LogP contribution in [-0.2, 0) is 6.54 Å². The van der Waals surface area contributed by atoms with Gasteiger partial charge in [-0.05, 0) is 42.4 Å². The molecule has 1 saturated carbocycles. The van der Waals surface area contributed by atoms with Gasteiger partial charge in [-0.25, -0.2) is 0 Å². The first-order chi connectivity index (χ1) is 8.56. The third kappa shape index (κ3) is 3.12. The van der Waals surface area contributed by atoms with Crippen LogP contribution in [0.5, 0.6) is 0 Å².